The van der Waals surface area contributed by atoms with Gasteiger partial charge in [0.1, 0.15) is 11.1 Å². The minimum Gasteiger partial charge on any atom is -0.487 e. The van der Waals surface area contributed by atoms with E-state index >= 15 is 0 Å². The average Bonchev–Trinajstić information content (AvgIpc) is 3.73. The van der Waals surface area contributed by atoms with E-state index in [2.05, 4.69) is 32.8 Å². The fourth-order valence-electron chi connectivity index (χ4n) is 4.08. The van der Waals surface area contributed by atoms with Crippen molar-refractivity contribution >= 4 is 71.0 Å². The number of ether oxygens (including phenoxy) is 4. The summed E-state index contributed by atoms with van der Waals surface area (Å²) in [6.07, 6.45) is 13.6. The maximum absolute atomic E-state index is 12.7. The zero-order valence-corrected chi connectivity index (χ0v) is 30.2. The summed E-state index contributed by atoms with van der Waals surface area (Å²) in [5, 5.41) is 4.29. The minimum atomic E-state index is -0.545. The number of alkyl halides is 1. The lowest BCUT2D eigenvalue weighted by Crippen LogP contribution is -2.25. The topological polar surface area (TPSA) is 126 Å². The third kappa shape index (κ3) is 10.5. The van der Waals surface area contributed by atoms with Crippen molar-refractivity contribution in [3.8, 4) is 36.2 Å². The first-order valence-corrected chi connectivity index (χ1v) is 17.9. The van der Waals surface area contributed by atoms with Gasteiger partial charge in [-0.1, -0.05) is 54.5 Å². The number of carbonyl (C=O) groups excluding carboxylic acids is 2. The van der Waals surface area contributed by atoms with E-state index in [9.17, 15) is 19.2 Å². The predicted octanol–water partition coefficient (Wildman–Crippen LogP) is 7.01. The standard InChI is InChI=1S/C17H19NO4S.C14H17NO4S.C3H3Br/c1-4-7-10-22-14-13(17(20)21-6-3)15-12(8-11-23-15)18(9-5-2)16(14)19;1-3-5-7-19-11-10(14(17)18-4-2)12-9(6-8-20-12)15-13(11)16;1-2-3-4/h2,8,11H,4,6-7,9-10H2,1,3H3;6,8H,3-5,7H2,1-2H3,(H,15,16);1H,3H2. The molecule has 0 saturated heterocycles. The van der Waals surface area contributed by atoms with Crippen molar-refractivity contribution in [3.63, 3.8) is 0 Å². The zero-order valence-electron chi connectivity index (χ0n) is 26.9. The van der Waals surface area contributed by atoms with Crippen molar-refractivity contribution in [2.75, 3.05) is 31.8 Å². The number of hydrogen-bond acceptors (Lipinski definition) is 10. The molecule has 0 radical (unpaired) electrons. The first-order valence-electron chi connectivity index (χ1n) is 15.1. The number of aromatic amines is 1. The molecule has 1 N–H and O–H groups in total. The Morgan fingerprint density at radius 3 is 1.91 bits per heavy atom. The monoisotopic (exact) mass is 746 g/mol. The van der Waals surface area contributed by atoms with Gasteiger partial charge in [0.2, 0.25) is 11.5 Å². The lowest BCUT2D eigenvalue weighted by atomic mass is 10.2. The molecular weight excluding hydrogens is 708 g/mol. The number of H-pyrrole nitrogens is 1. The molecule has 10 nitrogen and oxygen atoms in total. The van der Waals surface area contributed by atoms with Crippen molar-refractivity contribution in [3.05, 3.63) is 54.7 Å². The van der Waals surface area contributed by atoms with Crippen LogP contribution in [-0.2, 0) is 16.0 Å². The van der Waals surface area contributed by atoms with Crippen LogP contribution in [0.15, 0.2) is 32.5 Å². The summed E-state index contributed by atoms with van der Waals surface area (Å²) in [5.74, 6) is 3.85. The molecule has 0 aliphatic carbocycles. The Kier molecular flexibility index (Phi) is 17.5. The molecule has 0 aromatic carbocycles. The molecule has 0 fully saturated rings. The minimum absolute atomic E-state index is 0.0297. The van der Waals surface area contributed by atoms with Crippen LogP contribution in [0.3, 0.4) is 0 Å². The number of nitrogens with one attached hydrogen (secondary N) is 1. The Bertz CT molecular complexity index is 1820. The maximum Gasteiger partial charge on any atom is 0.343 e. The normalized spacial score (nSPS) is 10.1. The van der Waals surface area contributed by atoms with E-state index in [1.165, 1.54) is 27.2 Å². The second kappa shape index (κ2) is 21.0. The van der Waals surface area contributed by atoms with E-state index < -0.39 is 23.1 Å². The summed E-state index contributed by atoms with van der Waals surface area (Å²) >= 11 is 5.75. The van der Waals surface area contributed by atoms with E-state index in [4.69, 9.17) is 31.8 Å². The molecule has 0 atom stereocenters. The number of thiophene rings is 2. The second-order valence-electron chi connectivity index (χ2n) is 9.44. The van der Waals surface area contributed by atoms with Gasteiger partial charge in [-0.2, -0.15) is 0 Å². The molecule has 13 heteroatoms. The van der Waals surface area contributed by atoms with Crippen molar-refractivity contribution in [2.24, 2.45) is 0 Å². The number of esters is 2. The third-order valence-electron chi connectivity index (χ3n) is 6.18. The number of pyridine rings is 2. The Morgan fingerprint density at radius 1 is 0.851 bits per heavy atom. The molecular formula is C34H39BrN2O8S2. The Morgan fingerprint density at radius 2 is 1.38 bits per heavy atom. The molecule has 252 valence electrons. The number of hydrogen-bond donors (Lipinski definition) is 1. The number of fused-ring (bicyclic) bond motifs is 2. The van der Waals surface area contributed by atoms with Crippen LogP contribution in [0.4, 0.5) is 0 Å². The lowest BCUT2D eigenvalue weighted by Gasteiger charge is -2.14. The largest absolute Gasteiger partial charge is 0.487 e. The van der Waals surface area contributed by atoms with Crippen LogP contribution >= 0.6 is 38.6 Å². The van der Waals surface area contributed by atoms with Crippen molar-refractivity contribution < 1.29 is 28.5 Å². The van der Waals surface area contributed by atoms with Crippen LogP contribution < -0.4 is 20.6 Å². The van der Waals surface area contributed by atoms with Gasteiger partial charge in [-0.15, -0.1) is 35.5 Å². The summed E-state index contributed by atoms with van der Waals surface area (Å²) in [6, 6.07) is 3.54. The highest BCUT2D eigenvalue weighted by molar-refractivity contribution is 9.09. The van der Waals surface area contributed by atoms with Crippen LogP contribution in [0.5, 0.6) is 11.5 Å². The van der Waals surface area contributed by atoms with Gasteiger partial charge in [-0.3, -0.25) is 14.2 Å². The van der Waals surface area contributed by atoms with Gasteiger partial charge in [0.15, 0.2) is 0 Å². The summed E-state index contributed by atoms with van der Waals surface area (Å²) in [5.41, 5.74) is 0.903. The van der Waals surface area contributed by atoms with Crippen LogP contribution in [0.1, 0.15) is 74.1 Å². The molecule has 0 unspecified atom stereocenters. The van der Waals surface area contributed by atoms with E-state index in [0.717, 1.165) is 25.7 Å². The van der Waals surface area contributed by atoms with Crippen LogP contribution in [0.25, 0.3) is 20.4 Å². The number of nitrogens with zero attached hydrogens (tertiary/aromatic N) is 1. The van der Waals surface area contributed by atoms with E-state index in [-0.39, 0.29) is 42.4 Å². The maximum atomic E-state index is 12.7. The molecule has 0 saturated carbocycles. The van der Waals surface area contributed by atoms with E-state index in [1.54, 1.807) is 26.0 Å². The third-order valence-corrected chi connectivity index (χ3v) is 8.35. The van der Waals surface area contributed by atoms with Crippen molar-refractivity contribution in [2.45, 2.75) is 59.9 Å². The first-order chi connectivity index (χ1) is 22.7. The second-order valence-corrected chi connectivity index (χ2v) is 11.8. The zero-order chi connectivity index (χ0) is 34.8. The molecule has 4 heterocycles. The Labute approximate surface area is 290 Å². The molecule has 4 aromatic heterocycles. The van der Waals surface area contributed by atoms with Gasteiger partial charge in [0, 0.05) is 0 Å². The SMILES string of the molecule is C#CCBr.C#CCn1c(=O)c(OCCCC)c(C(=O)OCC)c2sccc21.CCCCOc1c(C(=O)OCC)c2sccc2[nH]c1=O. The van der Waals surface area contributed by atoms with Crippen LogP contribution in [0.2, 0.25) is 0 Å². The number of aromatic nitrogens is 2. The van der Waals surface area contributed by atoms with E-state index in [0.29, 0.717) is 39.0 Å². The van der Waals surface area contributed by atoms with Crippen molar-refractivity contribution in [1.82, 2.24) is 9.55 Å². The Balaban J connectivity index is 0.000000296. The summed E-state index contributed by atoms with van der Waals surface area (Å²) in [6.45, 7) is 8.89. The van der Waals surface area contributed by atoms with Crippen LogP contribution in [-0.4, -0.2) is 53.2 Å². The first kappa shape index (κ1) is 39.1. The van der Waals surface area contributed by atoms with Crippen molar-refractivity contribution in [1.29, 1.82) is 0 Å². The fourth-order valence-corrected chi connectivity index (χ4v) is 5.88. The molecule has 0 spiro atoms. The quantitative estimate of drug-likeness (QED) is 0.0671. The summed E-state index contributed by atoms with van der Waals surface area (Å²) in [4.78, 5) is 52.0. The van der Waals surface area contributed by atoms with Crippen LogP contribution in [0, 0.1) is 24.7 Å². The highest BCUT2D eigenvalue weighted by Gasteiger charge is 2.25. The molecule has 0 amide bonds. The highest BCUT2D eigenvalue weighted by atomic mass is 79.9. The summed E-state index contributed by atoms with van der Waals surface area (Å²) in [7, 11) is 0. The number of halogens is 1. The van der Waals surface area contributed by atoms with E-state index in [1.807, 2.05) is 24.6 Å². The predicted molar refractivity (Wildman–Crippen MR) is 193 cm³/mol. The molecule has 0 bridgehead atoms. The molecule has 47 heavy (non-hydrogen) atoms. The number of rotatable bonds is 13. The smallest absolute Gasteiger partial charge is 0.343 e. The van der Waals surface area contributed by atoms with Gasteiger partial charge >= 0.3 is 11.9 Å². The average molecular weight is 748 g/mol. The number of carbonyl (C=O) groups is 2. The number of terminal acetylenes is 2. The molecule has 0 aliphatic rings. The molecule has 0 aliphatic heterocycles. The fraction of sp³-hybridized carbons (Fsp3) is 0.412. The molecule has 4 rings (SSSR count). The lowest BCUT2D eigenvalue weighted by molar-refractivity contribution is 0.0513. The van der Waals surface area contributed by atoms with Gasteiger partial charge < -0.3 is 23.9 Å². The van der Waals surface area contributed by atoms with Gasteiger partial charge in [-0.05, 0) is 49.6 Å². The van der Waals surface area contributed by atoms with Gasteiger partial charge in [0.05, 0.1) is 58.7 Å². The van der Waals surface area contributed by atoms with Gasteiger partial charge in [0.25, 0.3) is 11.1 Å². The number of unbranched alkanes of at least 4 members (excludes halogenated alkanes) is 2. The Hall–Kier alpha value is -4.04. The highest BCUT2D eigenvalue weighted by Crippen LogP contribution is 2.31. The molecule has 4 aromatic rings. The van der Waals surface area contributed by atoms with Gasteiger partial charge in [-0.25, -0.2) is 9.59 Å². The summed E-state index contributed by atoms with van der Waals surface area (Å²) < 4.78 is 24.1.